The molecule has 1 amide bonds. The van der Waals surface area contributed by atoms with Gasteiger partial charge in [0.25, 0.3) is 0 Å². The summed E-state index contributed by atoms with van der Waals surface area (Å²) in [6.45, 7) is 2.89. The lowest BCUT2D eigenvalue weighted by Gasteiger charge is -2.05. The highest BCUT2D eigenvalue weighted by Gasteiger charge is 2.01. The average Bonchev–Trinajstić information content (AvgIpc) is 2.40. The molecule has 0 aromatic heterocycles. The minimum Gasteiger partial charge on any atom is -0.356 e. The van der Waals surface area contributed by atoms with Gasteiger partial charge in [0, 0.05) is 18.3 Å². The molecule has 0 unspecified atom stereocenters. The summed E-state index contributed by atoms with van der Waals surface area (Å²) in [6.07, 6.45) is 6.17. The van der Waals surface area contributed by atoms with E-state index in [1.165, 1.54) is 30.4 Å². The van der Waals surface area contributed by atoms with E-state index in [-0.39, 0.29) is 5.91 Å². The number of benzene rings is 1. The molecule has 2 nitrogen and oxygen atoms in total. The summed E-state index contributed by atoms with van der Waals surface area (Å²) in [4.78, 5) is 11.7. The van der Waals surface area contributed by atoms with E-state index in [0.29, 0.717) is 6.42 Å². The molecule has 0 aliphatic rings. The normalized spacial score (nSPS) is 10.4. The third-order valence-corrected chi connectivity index (χ3v) is 3.67. The summed E-state index contributed by atoms with van der Waals surface area (Å²) in [5, 5.41) is 4.07. The molecule has 0 radical (unpaired) electrons. The number of hydrogen-bond acceptors (Lipinski definition) is 1. The zero-order valence-corrected chi connectivity index (χ0v) is 13.3. The number of hydrogen-bond donors (Lipinski definition) is 1. The highest BCUT2D eigenvalue weighted by atomic mass is 79.9. The molecule has 1 N–H and O–H groups in total. The second kappa shape index (κ2) is 10.0. The second-order valence-corrected chi connectivity index (χ2v) is 5.74. The van der Waals surface area contributed by atoms with Gasteiger partial charge in [-0.25, -0.2) is 0 Å². The van der Waals surface area contributed by atoms with Crippen LogP contribution in [0.4, 0.5) is 0 Å². The molecule has 0 heterocycles. The number of rotatable bonds is 9. The number of alkyl halides is 1. The van der Waals surface area contributed by atoms with E-state index in [1.54, 1.807) is 0 Å². The Morgan fingerprint density at radius 1 is 1.21 bits per heavy atom. The van der Waals surface area contributed by atoms with Gasteiger partial charge in [-0.2, -0.15) is 0 Å². The molecule has 0 aliphatic heterocycles. The first kappa shape index (κ1) is 16.2. The Labute approximate surface area is 125 Å². The van der Waals surface area contributed by atoms with Gasteiger partial charge in [0.15, 0.2) is 0 Å². The number of carbonyl (C=O) groups is 1. The van der Waals surface area contributed by atoms with Crippen LogP contribution in [0.3, 0.4) is 0 Å². The van der Waals surface area contributed by atoms with Crippen LogP contribution in [0.2, 0.25) is 0 Å². The first-order valence-corrected chi connectivity index (χ1v) is 8.22. The minimum absolute atomic E-state index is 0.169. The lowest BCUT2D eigenvalue weighted by atomic mass is 10.1. The largest absolute Gasteiger partial charge is 0.356 e. The molecule has 0 fully saturated rings. The molecule has 0 saturated heterocycles. The van der Waals surface area contributed by atoms with E-state index < -0.39 is 0 Å². The fraction of sp³-hybridized carbons (Fsp3) is 0.562. The Morgan fingerprint density at radius 3 is 2.74 bits per heavy atom. The van der Waals surface area contributed by atoms with Crippen molar-refractivity contribution in [2.75, 3.05) is 11.9 Å². The first-order chi connectivity index (χ1) is 9.22. The van der Waals surface area contributed by atoms with Gasteiger partial charge in [0.1, 0.15) is 0 Å². The van der Waals surface area contributed by atoms with Crippen LogP contribution < -0.4 is 5.32 Å². The van der Waals surface area contributed by atoms with Crippen LogP contribution in [0.25, 0.3) is 0 Å². The monoisotopic (exact) mass is 325 g/mol. The smallest absolute Gasteiger partial charge is 0.220 e. The third kappa shape index (κ3) is 8.04. The predicted octanol–water partition coefficient (Wildman–Crippen LogP) is 4.00. The van der Waals surface area contributed by atoms with Gasteiger partial charge in [-0.1, -0.05) is 58.6 Å². The van der Waals surface area contributed by atoms with E-state index >= 15 is 0 Å². The maximum atomic E-state index is 11.7. The molecule has 0 bridgehead atoms. The second-order valence-electron chi connectivity index (χ2n) is 4.94. The zero-order valence-electron chi connectivity index (χ0n) is 11.8. The maximum absolute atomic E-state index is 11.7. The molecule has 3 heteroatoms. The molecule has 0 aliphatic carbocycles. The van der Waals surface area contributed by atoms with E-state index in [0.717, 1.165) is 24.7 Å². The van der Waals surface area contributed by atoms with Crippen LogP contribution in [-0.2, 0) is 11.2 Å². The Hall–Kier alpha value is -0.830. The van der Waals surface area contributed by atoms with Gasteiger partial charge >= 0.3 is 0 Å². The van der Waals surface area contributed by atoms with Crippen LogP contribution >= 0.6 is 15.9 Å². The summed E-state index contributed by atoms with van der Waals surface area (Å²) in [7, 11) is 0. The van der Waals surface area contributed by atoms with Crippen molar-refractivity contribution in [2.24, 2.45) is 0 Å². The molecule has 1 rings (SSSR count). The van der Waals surface area contributed by atoms with Gasteiger partial charge in [-0.15, -0.1) is 0 Å². The Kier molecular flexibility index (Phi) is 8.55. The first-order valence-electron chi connectivity index (χ1n) is 7.10. The Morgan fingerprint density at radius 2 is 2.00 bits per heavy atom. The van der Waals surface area contributed by atoms with Gasteiger partial charge in [0.05, 0.1) is 0 Å². The number of amides is 1. The van der Waals surface area contributed by atoms with Crippen LogP contribution in [0.5, 0.6) is 0 Å². The van der Waals surface area contributed by atoms with E-state index in [1.807, 2.05) is 6.07 Å². The number of aryl methyl sites for hydroxylation is 2. The number of carbonyl (C=O) groups excluding carboxylic acids is 1. The van der Waals surface area contributed by atoms with Crippen molar-refractivity contribution in [3.8, 4) is 0 Å². The lowest BCUT2D eigenvalue weighted by molar-refractivity contribution is -0.121. The summed E-state index contributed by atoms with van der Waals surface area (Å²) < 4.78 is 0. The maximum Gasteiger partial charge on any atom is 0.220 e. The van der Waals surface area contributed by atoms with Crippen molar-refractivity contribution < 1.29 is 4.79 Å². The topological polar surface area (TPSA) is 29.1 Å². The van der Waals surface area contributed by atoms with Crippen molar-refractivity contribution >= 4 is 21.8 Å². The SMILES string of the molecule is Cc1cccc(CCC(=O)NCCCCCCBr)c1. The van der Waals surface area contributed by atoms with Crippen LogP contribution in [0.15, 0.2) is 24.3 Å². The molecule has 0 atom stereocenters. The van der Waals surface area contributed by atoms with Crippen molar-refractivity contribution in [2.45, 2.75) is 45.4 Å². The Bertz CT molecular complexity index is 379. The average molecular weight is 326 g/mol. The molecule has 0 spiro atoms. The van der Waals surface area contributed by atoms with Crippen LogP contribution in [-0.4, -0.2) is 17.8 Å². The standard InChI is InChI=1S/C16H24BrNO/c1-14-7-6-8-15(13-14)9-10-16(19)18-12-5-3-2-4-11-17/h6-8,13H,2-5,9-12H2,1H3,(H,18,19). The van der Waals surface area contributed by atoms with Gasteiger partial charge in [-0.3, -0.25) is 4.79 Å². The van der Waals surface area contributed by atoms with Crippen LogP contribution in [0, 0.1) is 6.92 Å². The molecule has 0 saturated carbocycles. The zero-order chi connectivity index (χ0) is 13.9. The van der Waals surface area contributed by atoms with Gasteiger partial charge < -0.3 is 5.32 Å². The fourth-order valence-electron chi connectivity index (χ4n) is 2.01. The number of unbranched alkanes of at least 4 members (excludes halogenated alkanes) is 3. The van der Waals surface area contributed by atoms with Crippen molar-refractivity contribution in [3.63, 3.8) is 0 Å². The summed E-state index contributed by atoms with van der Waals surface area (Å²) in [5.41, 5.74) is 2.50. The molecular weight excluding hydrogens is 302 g/mol. The van der Waals surface area contributed by atoms with Gasteiger partial charge in [0.2, 0.25) is 5.91 Å². The van der Waals surface area contributed by atoms with Crippen LogP contribution in [0.1, 0.15) is 43.2 Å². The summed E-state index contributed by atoms with van der Waals surface area (Å²) in [6, 6.07) is 8.36. The summed E-state index contributed by atoms with van der Waals surface area (Å²) >= 11 is 3.42. The van der Waals surface area contributed by atoms with Crippen molar-refractivity contribution in [3.05, 3.63) is 35.4 Å². The van der Waals surface area contributed by atoms with Crippen molar-refractivity contribution in [1.82, 2.24) is 5.32 Å². The lowest BCUT2D eigenvalue weighted by Crippen LogP contribution is -2.24. The molecule has 19 heavy (non-hydrogen) atoms. The number of halogens is 1. The Balaban J connectivity index is 2.08. The molecular formula is C16H24BrNO. The highest BCUT2D eigenvalue weighted by molar-refractivity contribution is 9.09. The number of nitrogens with one attached hydrogen (secondary N) is 1. The molecule has 106 valence electrons. The summed E-state index contributed by atoms with van der Waals surface area (Å²) in [5.74, 6) is 0.169. The fourth-order valence-corrected chi connectivity index (χ4v) is 2.41. The van der Waals surface area contributed by atoms with Crippen molar-refractivity contribution in [1.29, 1.82) is 0 Å². The molecule has 1 aromatic rings. The van der Waals surface area contributed by atoms with E-state index in [9.17, 15) is 4.79 Å². The van der Waals surface area contributed by atoms with Gasteiger partial charge in [-0.05, 0) is 31.7 Å². The third-order valence-electron chi connectivity index (χ3n) is 3.11. The highest BCUT2D eigenvalue weighted by Crippen LogP contribution is 2.06. The van der Waals surface area contributed by atoms with E-state index in [4.69, 9.17) is 0 Å². The van der Waals surface area contributed by atoms with E-state index in [2.05, 4.69) is 46.4 Å². The molecule has 1 aromatic carbocycles. The minimum atomic E-state index is 0.169. The predicted molar refractivity (Wildman–Crippen MR) is 84.8 cm³/mol. The quantitative estimate of drug-likeness (QED) is 0.539.